The number of hydrogen-bond donors (Lipinski definition) is 1. The van der Waals surface area contributed by atoms with Crippen molar-refractivity contribution in [2.75, 3.05) is 19.6 Å². The average Bonchev–Trinajstić information content (AvgIpc) is 2.56. The van der Waals surface area contributed by atoms with Gasteiger partial charge < -0.3 is 15.0 Å². The summed E-state index contributed by atoms with van der Waals surface area (Å²) in [6, 6.07) is 6.70. The highest BCUT2D eigenvalue weighted by atomic mass is 16.5. The topological polar surface area (TPSA) is 75.7 Å². The molecule has 0 bridgehead atoms. The molecule has 0 saturated carbocycles. The first-order valence-corrected chi connectivity index (χ1v) is 8.22. The fourth-order valence-corrected chi connectivity index (χ4v) is 2.22. The number of Topliss-reactive ketones (excluding diaryl/α,β-unsaturated/α-hetero) is 1. The van der Waals surface area contributed by atoms with E-state index in [-0.39, 0.29) is 30.6 Å². The van der Waals surface area contributed by atoms with Crippen LogP contribution >= 0.6 is 0 Å². The van der Waals surface area contributed by atoms with Crippen molar-refractivity contribution in [2.45, 2.75) is 40.2 Å². The molecule has 2 amide bonds. The SMILES string of the molecule is CCN(CC)C(=O)CCNC(=O)[C@H](C)Oc1cccc(C(C)=O)c1. The molecule has 132 valence electrons. The maximum Gasteiger partial charge on any atom is 0.260 e. The minimum absolute atomic E-state index is 0.0167. The van der Waals surface area contributed by atoms with Gasteiger partial charge in [0.1, 0.15) is 5.75 Å². The summed E-state index contributed by atoms with van der Waals surface area (Å²) in [6.07, 6.45) is -0.448. The first-order chi connectivity index (χ1) is 11.4. The molecule has 0 saturated heterocycles. The summed E-state index contributed by atoms with van der Waals surface area (Å²) in [4.78, 5) is 37.0. The number of nitrogens with one attached hydrogen (secondary N) is 1. The van der Waals surface area contributed by atoms with Gasteiger partial charge in [-0.1, -0.05) is 12.1 Å². The number of ether oxygens (including phenoxy) is 1. The second-order valence-electron chi connectivity index (χ2n) is 5.45. The van der Waals surface area contributed by atoms with Crippen LogP contribution in [0.4, 0.5) is 0 Å². The summed E-state index contributed by atoms with van der Waals surface area (Å²) in [7, 11) is 0. The van der Waals surface area contributed by atoms with Gasteiger partial charge in [-0.15, -0.1) is 0 Å². The second kappa shape index (κ2) is 9.70. The third kappa shape index (κ3) is 6.02. The number of rotatable bonds is 9. The summed E-state index contributed by atoms with van der Waals surface area (Å²) in [6.45, 7) is 8.54. The van der Waals surface area contributed by atoms with E-state index in [1.807, 2.05) is 13.8 Å². The minimum Gasteiger partial charge on any atom is -0.481 e. The highest BCUT2D eigenvalue weighted by molar-refractivity contribution is 5.94. The molecule has 0 fully saturated rings. The summed E-state index contributed by atoms with van der Waals surface area (Å²) < 4.78 is 5.55. The van der Waals surface area contributed by atoms with E-state index in [4.69, 9.17) is 4.74 Å². The smallest absolute Gasteiger partial charge is 0.260 e. The molecule has 0 heterocycles. The molecule has 1 N–H and O–H groups in total. The molecule has 1 rings (SSSR count). The van der Waals surface area contributed by atoms with Crippen molar-refractivity contribution in [3.63, 3.8) is 0 Å². The molecule has 6 nitrogen and oxygen atoms in total. The zero-order valence-electron chi connectivity index (χ0n) is 14.8. The van der Waals surface area contributed by atoms with Crippen molar-refractivity contribution in [2.24, 2.45) is 0 Å². The minimum atomic E-state index is -0.712. The van der Waals surface area contributed by atoms with Crippen LogP contribution in [0, 0.1) is 0 Å². The van der Waals surface area contributed by atoms with Crippen LogP contribution in [0.15, 0.2) is 24.3 Å². The molecule has 0 spiro atoms. The summed E-state index contributed by atoms with van der Waals surface area (Å²) in [5, 5.41) is 2.70. The number of carbonyl (C=O) groups excluding carboxylic acids is 3. The van der Waals surface area contributed by atoms with Crippen LogP contribution in [-0.4, -0.2) is 48.2 Å². The van der Waals surface area contributed by atoms with Crippen LogP contribution in [0.5, 0.6) is 5.75 Å². The lowest BCUT2D eigenvalue weighted by Gasteiger charge is -2.19. The van der Waals surface area contributed by atoms with Gasteiger partial charge in [-0.05, 0) is 39.8 Å². The van der Waals surface area contributed by atoms with E-state index in [9.17, 15) is 14.4 Å². The predicted octanol–water partition coefficient (Wildman–Crippen LogP) is 2.03. The molecule has 0 aromatic heterocycles. The summed E-state index contributed by atoms with van der Waals surface area (Å²) in [5.41, 5.74) is 0.532. The zero-order chi connectivity index (χ0) is 18.1. The van der Waals surface area contributed by atoms with E-state index in [1.165, 1.54) is 6.92 Å². The largest absolute Gasteiger partial charge is 0.481 e. The lowest BCUT2D eigenvalue weighted by molar-refractivity contribution is -0.131. The van der Waals surface area contributed by atoms with E-state index in [0.717, 1.165) is 0 Å². The van der Waals surface area contributed by atoms with Crippen molar-refractivity contribution in [3.05, 3.63) is 29.8 Å². The van der Waals surface area contributed by atoms with Crippen molar-refractivity contribution in [3.8, 4) is 5.75 Å². The number of carbonyl (C=O) groups is 3. The molecule has 24 heavy (non-hydrogen) atoms. The van der Waals surface area contributed by atoms with E-state index in [0.29, 0.717) is 24.4 Å². The average molecular weight is 334 g/mol. The Kier molecular flexibility index (Phi) is 7.95. The Balaban J connectivity index is 2.46. The van der Waals surface area contributed by atoms with Gasteiger partial charge in [0.25, 0.3) is 5.91 Å². The lowest BCUT2D eigenvalue weighted by atomic mass is 10.1. The molecule has 0 aliphatic heterocycles. The molecule has 0 unspecified atom stereocenters. The number of nitrogens with zero attached hydrogens (tertiary/aromatic N) is 1. The Morgan fingerprint density at radius 2 is 1.88 bits per heavy atom. The van der Waals surface area contributed by atoms with E-state index < -0.39 is 6.10 Å². The second-order valence-corrected chi connectivity index (χ2v) is 5.45. The molecule has 1 aromatic rings. The van der Waals surface area contributed by atoms with E-state index in [2.05, 4.69) is 5.32 Å². The Morgan fingerprint density at radius 3 is 2.46 bits per heavy atom. The predicted molar refractivity (Wildman–Crippen MR) is 92.1 cm³/mol. The monoisotopic (exact) mass is 334 g/mol. The molecule has 0 aliphatic carbocycles. The Morgan fingerprint density at radius 1 is 1.21 bits per heavy atom. The standard InChI is InChI=1S/C18H26N2O4/c1-5-20(6-2)17(22)10-11-19-18(23)14(4)24-16-9-7-8-15(12-16)13(3)21/h7-9,12,14H,5-6,10-11H2,1-4H3,(H,19,23)/t14-/m0/s1. The Bertz CT molecular complexity index is 582. The van der Waals surface area contributed by atoms with Gasteiger partial charge in [-0.25, -0.2) is 0 Å². The highest BCUT2D eigenvalue weighted by Crippen LogP contribution is 2.15. The van der Waals surface area contributed by atoms with Gasteiger partial charge >= 0.3 is 0 Å². The third-order valence-corrected chi connectivity index (χ3v) is 3.68. The first kappa shape index (κ1) is 19.7. The maximum absolute atomic E-state index is 12.0. The van der Waals surface area contributed by atoms with Crippen LogP contribution < -0.4 is 10.1 Å². The van der Waals surface area contributed by atoms with E-state index >= 15 is 0 Å². The Labute approximate surface area is 143 Å². The number of benzene rings is 1. The van der Waals surface area contributed by atoms with Crippen LogP contribution in [-0.2, 0) is 9.59 Å². The summed E-state index contributed by atoms with van der Waals surface area (Å²) in [5.74, 6) is 0.121. The van der Waals surface area contributed by atoms with Gasteiger partial charge in [0, 0.05) is 31.6 Å². The number of hydrogen-bond acceptors (Lipinski definition) is 4. The maximum atomic E-state index is 12.0. The molecule has 1 atom stereocenters. The Hall–Kier alpha value is -2.37. The van der Waals surface area contributed by atoms with E-state index in [1.54, 1.807) is 36.1 Å². The fraction of sp³-hybridized carbons (Fsp3) is 0.500. The van der Waals surface area contributed by atoms with Gasteiger partial charge in [-0.3, -0.25) is 14.4 Å². The van der Waals surface area contributed by atoms with Crippen LogP contribution in [0.1, 0.15) is 44.5 Å². The van der Waals surface area contributed by atoms with Gasteiger partial charge in [-0.2, -0.15) is 0 Å². The fourth-order valence-electron chi connectivity index (χ4n) is 2.22. The molecule has 6 heteroatoms. The van der Waals surface area contributed by atoms with Crippen LogP contribution in [0.3, 0.4) is 0 Å². The molecule has 0 radical (unpaired) electrons. The van der Waals surface area contributed by atoms with Crippen molar-refractivity contribution in [1.82, 2.24) is 10.2 Å². The first-order valence-electron chi connectivity index (χ1n) is 8.22. The van der Waals surface area contributed by atoms with Crippen molar-refractivity contribution < 1.29 is 19.1 Å². The molecular weight excluding hydrogens is 308 g/mol. The molecule has 0 aliphatic rings. The number of amides is 2. The summed E-state index contributed by atoms with van der Waals surface area (Å²) >= 11 is 0. The molecule has 1 aromatic carbocycles. The van der Waals surface area contributed by atoms with Crippen LogP contribution in [0.25, 0.3) is 0 Å². The van der Waals surface area contributed by atoms with Gasteiger partial charge in [0.15, 0.2) is 11.9 Å². The number of ketones is 1. The quantitative estimate of drug-likeness (QED) is 0.701. The van der Waals surface area contributed by atoms with Crippen molar-refractivity contribution >= 4 is 17.6 Å². The van der Waals surface area contributed by atoms with Gasteiger partial charge in [0.2, 0.25) is 5.91 Å². The van der Waals surface area contributed by atoms with Gasteiger partial charge in [0.05, 0.1) is 0 Å². The highest BCUT2D eigenvalue weighted by Gasteiger charge is 2.16. The lowest BCUT2D eigenvalue weighted by Crippen LogP contribution is -2.39. The zero-order valence-corrected chi connectivity index (χ0v) is 14.8. The van der Waals surface area contributed by atoms with Crippen LogP contribution in [0.2, 0.25) is 0 Å². The molecular formula is C18H26N2O4. The normalized spacial score (nSPS) is 11.5. The van der Waals surface area contributed by atoms with Crippen molar-refractivity contribution in [1.29, 1.82) is 0 Å². The third-order valence-electron chi connectivity index (χ3n) is 3.68.